The van der Waals surface area contributed by atoms with E-state index in [-0.39, 0.29) is 5.11 Å². The fourth-order valence-electron chi connectivity index (χ4n) is 2.35. The van der Waals surface area contributed by atoms with Crippen LogP contribution in [0.4, 0.5) is 10.1 Å². The van der Waals surface area contributed by atoms with Crippen molar-refractivity contribution in [3.05, 3.63) is 90.2 Å². The number of halogens is 1. The molecule has 3 rings (SSSR count). The predicted molar refractivity (Wildman–Crippen MR) is 102 cm³/mol. The summed E-state index contributed by atoms with van der Waals surface area (Å²) in [6, 6.07) is 23.0. The molecule has 3 aromatic carbocycles. The third kappa shape index (κ3) is 4.49. The number of amides is 1. The van der Waals surface area contributed by atoms with E-state index in [2.05, 4.69) is 10.6 Å². The number of hydrogen-bond donors (Lipinski definition) is 2. The summed E-state index contributed by atoms with van der Waals surface area (Å²) < 4.78 is 12.9. The molecule has 0 aliphatic heterocycles. The van der Waals surface area contributed by atoms with E-state index in [9.17, 15) is 9.18 Å². The van der Waals surface area contributed by atoms with E-state index in [4.69, 9.17) is 12.2 Å². The number of carbonyl (C=O) groups excluding carboxylic acids is 1. The van der Waals surface area contributed by atoms with Gasteiger partial charge in [0.1, 0.15) is 5.82 Å². The minimum absolute atomic E-state index is 0.180. The van der Waals surface area contributed by atoms with Crippen LogP contribution in [-0.2, 0) is 0 Å². The van der Waals surface area contributed by atoms with Gasteiger partial charge in [-0.15, -0.1) is 0 Å². The summed E-state index contributed by atoms with van der Waals surface area (Å²) in [5.41, 5.74) is 3.24. The van der Waals surface area contributed by atoms with Gasteiger partial charge in [0.15, 0.2) is 5.11 Å². The van der Waals surface area contributed by atoms with E-state index < -0.39 is 11.7 Å². The van der Waals surface area contributed by atoms with Crippen molar-refractivity contribution in [3.63, 3.8) is 0 Å². The number of rotatable bonds is 3. The maximum Gasteiger partial charge on any atom is 0.257 e. The SMILES string of the molecule is O=C(NC(=S)Nc1cccc(-c2ccccc2)c1)c1ccc(F)cc1. The minimum atomic E-state index is -0.394. The Morgan fingerprint density at radius 2 is 1.52 bits per heavy atom. The Bertz CT molecular complexity index is 895. The second-order valence-electron chi connectivity index (χ2n) is 5.36. The number of benzene rings is 3. The maximum absolute atomic E-state index is 12.9. The Kier molecular flexibility index (Phi) is 5.16. The lowest BCUT2D eigenvalue weighted by atomic mass is 10.1. The molecule has 0 aliphatic rings. The number of thiocarbonyl (C=S) groups is 1. The predicted octanol–water partition coefficient (Wildman–Crippen LogP) is 4.62. The summed E-state index contributed by atoms with van der Waals surface area (Å²) in [6.07, 6.45) is 0. The van der Waals surface area contributed by atoms with Gasteiger partial charge in [-0.2, -0.15) is 0 Å². The molecule has 0 saturated carbocycles. The topological polar surface area (TPSA) is 41.1 Å². The van der Waals surface area contributed by atoms with Crippen molar-refractivity contribution in [3.8, 4) is 11.1 Å². The van der Waals surface area contributed by atoms with Gasteiger partial charge >= 0.3 is 0 Å². The van der Waals surface area contributed by atoms with E-state index in [1.165, 1.54) is 24.3 Å². The van der Waals surface area contributed by atoms with Crippen molar-refractivity contribution >= 4 is 28.9 Å². The van der Waals surface area contributed by atoms with Crippen LogP contribution in [0.15, 0.2) is 78.9 Å². The van der Waals surface area contributed by atoms with Gasteiger partial charge in [-0.3, -0.25) is 10.1 Å². The molecule has 0 saturated heterocycles. The van der Waals surface area contributed by atoms with Gasteiger partial charge in [-0.25, -0.2) is 4.39 Å². The van der Waals surface area contributed by atoms with Crippen LogP contribution in [0.1, 0.15) is 10.4 Å². The zero-order valence-corrected chi connectivity index (χ0v) is 14.0. The first-order valence-electron chi connectivity index (χ1n) is 7.65. The first kappa shape index (κ1) is 16.8. The molecule has 0 aliphatic carbocycles. The number of carbonyl (C=O) groups is 1. The molecule has 3 aromatic rings. The van der Waals surface area contributed by atoms with Crippen molar-refractivity contribution in [2.45, 2.75) is 0 Å². The van der Waals surface area contributed by atoms with Gasteiger partial charge in [-0.05, 0) is 59.7 Å². The van der Waals surface area contributed by atoms with Gasteiger partial charge in [0, 0.05) is 11.3 Å². The lowest BCUT2D eigenvalue weighted by molar-refractivity contribution is 0.0977. The molecule has 2 N–H and O–H groups in total. The van der Waals surface area contributed by atoms with Crippen molar-refractivity contribution in [2.75, 3.05) is 5.32 Å². The third-order valence-corrected chi connectivity index (χ3v) is 3.77. The molecule has 0 atom stereocenters. The zero-order chi connectivity index (χ0) is 17.6. The monoisotopic (exact) mass is 350 g/mol. The number of nitrogens with one attached hydrogen (secondary N) is 2. The molecule has 0 bridgehead atoms. The quantitative estimate of drug-likeness (QED) is 0.677. The highest BCUT2D eigenvalue weighted by atomic mass is 32.1. The van der Waals surface area contributed by atoms with Crippen LogP contribution in [0, 0.1) is 5.82 Å². The standard InChI is InChI=1S/C20H15FN2OS/c21-17-11-9-15(10-12-17)19(24)23-20(25)22-18-8-4-7-16(13-18)14-5-2-1-3-6-14/h1-13H,(H2,22,23,24,25). The van der Waals surface area contributed by atoms with Gasteiger partial charge in [0.25, 0.3) is 5.91 Å². The second kappa shape index (κ2) is 7.68. The van der Waals surface area contributed by atoms with Crippen LogP contribution in [0.3, 0.4) is 0 Å². The van der Waals surface area contributed by atoms with Gasteiger partial charge < -0.3 is 5.32 Å². The molecule has 0 unspecified atom stereocenters. The fraction of sp³-hybridized carbons (Fsp3) is 0. The lowest BCUT2D eigenvalue weighted by Gasteiger charge is -2.11. The molecule has 25 heavy (non-hydrogen) atoms. The van der Waals surface area contributed by atoms with Crippen LogP contribution in [0.5, 0.6) is 0 Å². The Morgan fingerprint density at radius 3 is 2.24 bits per heavy atom. The molecule has 0 heterocycles. The average Bonchev–Trinajstić information content (AvgIpc) is 2.63. The smallest absolute Gasteiger partial charge is 0.257 e. The highest BCUT2D eigenvalue weighted by Gasteiger charge is 2.08. The Balaban J connectivity index is 1.67. The van der Waals surface area contributed by atoms with Crippen LogP contribution in [0.2, 0.25) is 0 Å². The molecule has 0 aromatic heterocycles. The first-order chi connectivity index (χ1) is 12.1. The molecular formula is C20H15FN2OS. The molecule has 0 fully saturated rings. The summed E-state index contributed by atoms with van der Waals surface area (Å²) in [6.45, 7) is 0. The van der Waals surface area contributed by atoms with E-state index >= 15 is 0 Å². The molecule has 0 spiro atoms. The van der Waals surface area contributed by atoms with Crippen molar-refractivity contribution in [1.29, 1.82) is 0 Å². The van der Waals surface area contributed by atoms with Crippen LogP contribution < -0.4 is 10.6 Å². The Labute approximate surface area is 150 Å². The number of anilines is 1. The van der Waals surface area contributed by atoms with E-state index in [1.807, 2.05) is 54.6 Å². The normalized spacial score (nSPS) is 10.1. The molecule has 1 amide bonds. The van der Waals surface area contributed by atoms with Crippen LogP contribution in [-0.4, -0.2) is 11.0 Å². The lowest BCUT2D eigenvalue weighted by Crippen LogP contribution is -2.34. The van der Waals surface area contributed by atoms with Crippen molar-refractivity contribution in [2.24, 2.45) is 0 Å². The fourth-order valence-corrected chi connectivity index (χ4v) is 2.56. The minimum Gasteiger partial charge on any atom is -0.332 e. The molecular weight excluding hydrogens is 335 g/mol. The van der Waals surface area contributed by atoms with Crippen LogP contribution >= 0.6 is 12.2 Å². The van der Waals surface area contributed by atoms with Crippen molar-refractivity contribution < 1.29 is 9.18 Å². The Morgan fingerprint density at radius 1 is 0.840 bits per heavy atom. The summed E-state index contributed by atoms with van der Waals surface area (Å²) in [7, 11) is 0. The highest BCUT2D eigenvalue weighted by Crippen LogP contribution is 2.22. The van der Waals surface area contributed by atoms with Gasteiger partial charge in [0.2, 0.25) is 0 Å². The summed E-state index contributed by atoms with van der Waals surface area (Å²) in [5, 5.41) is 5.75. The highest BCUT2D eigenvalue weighted by molar-refractivity contribution is 7.80. The zero-order valence-electron chi connectivity index (χ0n) is 13.2. The van der Waals surface area contributed by atoms with Crippen LogP contribution in [0.25, 0.3) is 11.1 Å². The Hall–Kier alpha value is -3.05. The van der Waals surface area contributed by atoms with Gasteiger partial charge in [-0.1, -0.05) is 42.5 Å². The number of hydrogen-bond acceptors (Lipinski definition) is 2. The summed E-state index contributed by atoms with van der Waals surface area (Å²) in [5.74, 6) is -0.785. The van der Waals surface area contributed by atoms with E-state index in [1.54, 1.807) is 0 Å². The molecule has 0 radical (unpaired) electrons. The molecule has 3 nitrogen and oxygen atoms in total. The van der Waals surface area contributed by atoms with Gasteiger partial charge in [0.05, 0.1) is 0 Å². The summed E-state index contributed by atoms with van der Waals surface area (Å²) >= 11 is 5.18. The van der Waals surface area contributed by atoms with E-state index in [0.29, 0.717) is 5.56 Å². The maximum atomic E-state index is 12.9. The van der Waals surface area contributed by atoms with E-state index in [0.717, 1.165) is 16.8 Å². The first-order valence-corrected chi connectivity index (χ1v) is 8.06. The molecule has 5 heteroatoms. The second-order valence-corrected chi connectivity index (χ2v) is 5.77. The van der Waals surface area contributed by atoms with Crippen molar-refractivity contribution in [1.82, 2.24) is 5.32 Å². The third-order valence-electron chi connectivity index (χ3n) is 3.56. The summed E-state index contributed by atoms with van der Waals surface area (Å²) in [4.78, 5) is 12.1. The largest absolute Gasteiger partial charge is 0.332 e. The molecule has 124 valence electrons. The average molecular weight is 350 g/mol.